The maximum absolute atomic E-state index is 9.49. The molecule has 2 N–H and O–H groups in total. The van der Waals surface area contributed by atoms with Crippen LogP contribution in [-0.2, 0) is 0 Å². The second kappa shape index (κ2) is 7.68. The minimum absolute atomic E-state index is 0.190. The molecule has 4 nitrogen and oxygen atoms in total. The molecule has 0 unspecified atom stereocenters. The molecule has 2 aromatic rings. The predicted octanol–water partition coefficient (Wildman–Crippen LogP) is 2.19. The van der Waals surface area contributed by atoms with E-state index in [1.807, 2.05) is 62.4 Å². The van der Waals surface area contributed by atoms with Crippen molar-refractivity contribution in [1.82, 2.24) is 9.97 Å². The molecule has 112 valence electrons. The number of rotatable bonds is 5. The van der Waals surface area contributed by atoms with E-state index in [4.69, 9.17) is 0 Å². The Hall–Kier alpha value is -2.24. The van der Waals surface area contributed by atoms with E-state index in [-0.39, 0.29) is 5.59 Å². The molecule has 5 heteroatoms. The first kappa shape index (κ1) is 16.1. The summed E-state index contributed by atoms with van der Waals surface area (Å²) in [5.74, 6) is 0.490. The summed E-state index contributed by atoms with van der Waals surface area (Å²) in [6, 6.07) is 11.2. The smallest absolute Gasteiger partial charge is 0.422 e. The van der Waals surface area contributed by atoms with Crippen LogP contribution in [0.15, 0.2) is 54.6 Å². The van der Waals surface area contributed by atoms with Gasteiger partial charge in [-0.3, -0.25) is 0 Å². The van der Waals surface area contributed by atoms with Crippen LogP contribution in [0.4, 0.5) is 0 Å². The van der Waals surface area contributed by atoms with E-state index in [0.717, 1.165) is 17.6 Å². The highest BCUT2D eigenvalue weighted by Crippen LogP contribution is 2.19. The summed E-state index contributed by atoms with van der Waals surface area (Å²) in [5.41, 5.74) is 2.63. The highest BCUT2D eigenvalue weighted by atomic mass is 16.4. The van der Waals surface area contributed by atoms with Crippen molar-refractivity contribution in [3.05, 3.63) is 60.5 Å². The molecule has 0 amide bonds. The zero-order valence-corrected chi connectivity index (χ0v) is 12.8. The Morgan fingerprint density at radius 2 is 1.91 bits per heavy atom. The third-order valence-corrected chi connectivity index (χ3v) is 3.11. The van der Waals surface area contributed by atoms with Gasteiger partial charge in [0.1, 0.15) is 0 Å². The van der Waals surface area contributed by atoms with Crippen LogP contribution < -0.4 is 5.59 Å². The fourth-order valence-electron chi connectivity index (χ4n) is 2.12. The summed E-state index contributed by atoms with van der Waals surface area (Å²) in [7, 11) is -1.63. The Morgan fingerprint density at radius 1 is 1.18 bits per heavy atom. The van der Waals surface area contributed by atoms with E-state index in [2.05, 4.69) is 9.97 Å². The number of allylic oxidation sites excluding steroid dienone is 4. The topological polar surface area (TPSA) is 66.2 Å². The van der Waals surface area contributed by atoms with Crippen LogP contribution in [0.2, 0.25) is 0 Å². The maximum atomic E-state index is 9.49. The van der Waals surface area contributed by atoms with E-state index in [1.165, 1.54) is 0 Å². The molecule has 0 aliphatic heterocycles. The number of aromatic nitrogens is 2. The van der Waals surface area contributed by atoms with Crippen molar-refractivity contribution in [1.29, 1.82) is 0 Å². The van der Waals surface area contributed by atoms with Gasteiger partial charge < -0.3 is 10.0 Å². The average Bonchev–Trinajstić information content (AvgIpc) is 2.55. The number of hydrogen-bond donors (Lipinski definition) is 2. The van der Waals surface area contributed by atoms with Crippen molar-refractivity contribution in [2.75, 3.05) is 0 Å². The zero-order chi connectivity index (χ0) is 15.9. The summed E-state index contributed by atoms with van der Waals surface area (Å²) in [4.78, 5) is 8.84. The second-order valence-electron chi connectivity index (χ2n) is 4.81. The fraction of sp³-hybridized carbons (Fsp3) is 0.176. The van der Waals surface area contributed by atoms with Gasteiger partial charge in [0.25, 0.3) is 0 Å². The van der Waals surface area contributed by atoms with Crippen molar-refractivity contribution in [3.63, 3.8) is 0 Å². The lowest BCUT2D eigenvalue weighted by atomic mass is 9.85. The first-order chi connectivity index (χ1) is 10.7. The summed E-state index contributed by atoms with van der Waals surface area (Å²) in [6.07, 6.45) is 6.68. The van der Waals surface area contributed by atoms with Crippen LogP contribution in [0.5, 0.6) is 0 Å². The molecule has 0 spiro atoms. The first-order valence-corrected chi connectivity index (χ1v) is 7.29. The molecule has 0 aliphatic carbocycles. The molecule has 0 fully saturated rings. The molecule has 0 radical (unpaired) electrons. The Morgan fingerprint density at radius 3 is 2.50 bits per heavy atom. The molecular formula is C17H19BN2O2. The van der Waals surface area contributed by atoms with Crippen molar-refractivity contribution in [2.24, 2.45) is 0 Å². The molecule has 0 bridgehead atoms. The predicted molar refractivity (Wildman–Crippen MR) is 90.4 cm³/mol. The molecule has 1 heterocycles. The minimum atomic E-state index is -1.63. The highest BCUT2D eigenvalue weighted by Gasteiger charge is 2.17. The van der Waals surface area contributed by atoms with Crippen molar-refractivity contribution in [3.8, 4) is 11.3 Å². The van der Waals surface area contributed by atoms with E-state index in [9.17, 15) is 10.0 Å². The maximum Gasteiger partial charge on any atom is 0.508 e. The van der Waals surface area contributed by atoms with Gasteiger partial charge in [-0.2, -0.15) is 0 Å². The van der Waals surface area contributed by atoms with Gasteiger partial charge in [0.15, 0.2) is 5.82 Å². The zero-order valence-electron chi connectivity index (χ0n) is 12.8. The summed E-state index contributed by atoms with van der Waals surface area (Å²) in [5, 5.41) is 19.0. The molecule has 0 saturated carbocycles. The average molecular weight is 294 g/mol. The molecule has 1 aromatic carbocycles. The summed E-state index contributed by atoms with van der Waals surface area (Å²) >= 11 is 0. The van der Waals surface area contributed by atoms with E-state index < -0.39 is 7.12 Å². The largest absolute Gasteiger partial charge is 0.508 e. The van der Waals surface area contributed by atoms with E-state index >= 15 is 0 Å². The van der Waals surface area contributed by atoms with Crippen molar-refractivity contribution < 1.29 is 10.0 Å². The van der Waals surface area contributed by atoms with Gasteiger partial charge in [-0.25, -0.2) is 9.97 Å². The van der Waals surface area contributed by atoms with E-state index in [1.54, 1.807) is 6.07 Å². The Labute approximate surface area is 131 Å². The summed E-state index contributed by atoms with van der Waals surface area (Å²) in [6.45, 7) is 3.96. The quantitative estimate of drug-likeness (QED) is 0.655. The Bertz CT molecular complexity index is 682. The van der Waals surface area contributed by atoms with Crippen LogP contribution in [0.25, 0.3) is 16.8 Å². The summed E-state index contributed by atoms with van der Waals surface area (Å²) < 4.78 is 0. The third kappa shape index (κ3) is 3.90. The standard InChI is InChI=1S/C17H19BN2O2/c1-3-8-14(9-4-2)17-19-15(12-16(20-17)18(21)22)13-10-6-5-7-11-13/h3,5-12,21-22H,4H2,1-2H3/b8-3-,14-9+. The van der Waals surface area contributed by atoms with Crippen LogP contribution >= 0.6 is 0 Å². The van der Waals surface area contributed by atoms with Gasteiger partial charge in [0, 0.05) is 11.1 Å². The molecule has 1 aromatic heterocycles. The number of hydrogen-bond acceptors (Lipinski definition) is 4. The SMILES string of the molecule is C/C=C\C(=C/CC)c1nc(B(O)O)cc(-c2ccccc2)n1. The van der Waals surface area contributed by atoms with Crippen LogP contribution in [-0.4, -0.2) is 27.1 Å². The van der Waals surface area contributed by atoms with Gasteiger partial charge in [-0.15, -0.1) is 0 Å². The van der Waals surface area contributed by atoms with Crippen LogP contribution in [0.3, 0.4) is 0 Å². The molecule has 22 heavy (non-hydrogen) atoms. The molecular weight excluding hydrogens is 275 g/mol. The number of nitrogens with zero attached hydrogens (tertiary/aromatic N) is 2. The monoisotopic (exact) mass is 294 g/mol. The fourth-order valence-corrected chi connectivity index (χ4v) is 2.12. The lowest BCUT2D eigenvalue weighted by Gasteiger charge is -2.09. The van der Waals surface area contributed by atoms with Crippen LogP contribution in [0, 0.1) is 0 Å². The van der Waals surface area contributed by atoms with Gasteiger partial charge in [0.05, 0.1) is 11.3 Å². The first-order valence-electron chi connectivity index (χ1n) is 7.29. The third-order valence-electron chi connectivity index (χ3n) is 3.11. The van der Waals surface area contributed by atoms with Gasteiger partial charge in [-0.1, -0.05) is 55.5 Å². The van der Waals surface area contributed by atoms with Crippen LogP contribution in [0.1, 0.15) is 26.1 Å². The lowest BCUT2D eigenvalue weighted by molar-refractivity contribution is 0.424. The van der Waals surface area contributed by atoms with Gasteiger partial charge >= 0.3 is 7.12 Å². The van der Waals surface area contributed by atoms with Gasteiger partial charge in [-0.05, 0) is 19.4 Å². The lowest BCUT2D eigenvalue weighted by Crippen LogP contribution is -2.34. The van der Waals surface area contributed by atoms with Crippen molar-refractivity contribution >= 4 is 18.3 Å². The van der Waals surface area contributed by atoms with Gasteiger partial charge in [0.2, 0.25) is 0 Å². The molecule has 0 saturated heterocycles. The van der Waals surface area contributed by atoms with E-state index in [0.29, 0.717) is 11.5 Å². The Kier molecular flexibility index (Phi) is 5.64. The normalized spacial score (nSPS) is 11.9. The molecule has 2 rings (SSSR count). The molecule has 0 aliphatic rings. The number of benzene rings is 1. The minimum Gasteiger partial charge on any atom is -0.422 e. The molecule has 0 atom stereocenters. The highest BCUT2D eigenvalue weighted by molar-refractivity contribution is 6.57. The van der Waals surface area contributed by atoms with Crippen molar-refractivity contribution in [2.45, 2.75) is 20.3 Å². The Balaban J connectivity index is 2.59. The second-order valence-corrected chi connectivity index (χ2v) is 4.81.